The first-order chi connectivity index (χ1) is 8.20. The highest BCUT2D eigenvalue weighted by atomic mass is 35.5. The average Bonchev–Trinajstić information content (AvgIpc) is 2.77. The third-order valence-electron chi connectivity index (χ3n) is 2.85. The van der Waals surface area contributed by atoms with Gasteiger partial charge in [0.25, 0.3) is 0 Å². The molecule has 0 fully saturated rings. The molecule has 3 nitrogen and oxygen atoms in total. The third kappa shape index (κ3) is 1.48. The van der Waals surface area contributed by atoms with Crippen LogP contribution >= 0.6 is 11.6 Å². The molecule has 0 saturated carbocycles. The zero-order valence-corrected chi connectivity index (χ0v) is 9.54. The molecule has 2 heterocycles. The van der Waals surface area contributed by atoms with Gasteiger partial charge in [-0.05, 0) is 23.3 Å². The zero-order valence-electron chi connectivity index (χ0n) is 8.78. The number of carbonyl (C=O) groups excluding carboxylic acids is 1. The van der Waals surface area contributed by atoms with Crippen LogP contribution in [0.15, 0.2) is 24.4 Å². The second kappa shape index (κ2) is 3.67. The van der Waals surface area contributed by atoms with Crippen LogP contribution in [0.1, 0.15) is 21.6 Å². The van der Waals surface area contributed by atoms with Crippen molar-refractivity contribution < 1.29 is 9.18 Å². The molecule has 86 valence electrons. The molecule has 0 bridgehead atoms. The number of Topliss-reactive ketones (excluding diaryl/α,β-unsaturated/α-hetero) is 1. The fraction of sp³-hybridized carbons (Fsp3) is 0.167. The molecule has 3 rings (SSSR count). The molecule has 0 amide bonds. The van der Waals surface area contributed by atoms with E-state index in [0.29, 0.717) is 22.5 Å². The Kier molecular flexibility index (Phi) is 2.26. The van der Waals surface area contributed by atoms with E-state index in [9.17, 15) is 9.18 Å². The summed E-state index contributed by atoms with van der Waals surface area (Å²) in [5.41, 5.74) is 2.10. The lowest BCUT2D eigenvalue weighted by molar-refractivity contribution is 0.0981. The molecule has 2 aromatic rings. The first-order valence-electron chi connectivity index (χ1n) is 5.15. The summed E-state index contributed by atoms with van der Waals surface area (Å²) >= 11 is 5.68. The third-order valence-corrected chi connectivity index (χ3v) is 3.16. The molecule has 1 aliphatic rings. The van der Waals surface area contributed by atoms with E-state index in [-0.39, 0.29) is 18.1 Å². The number of aromatic nitrogens is 2. The zero-order chi connectivity index (χ0) is 12.0. The molecule has 0 N–H and O–H groups in total. The minimum Gasteiger partial charge on any atom is -0.292 e. The summed E-state index contributed by atoms with van der Waals surface area (Å²) in [5, 5.41) is 3.99. The Morgan fingerprint density at radius 3 is 3.06 bits per heavy atom. The lowest BCUT2D eigenvalue weighted by Gasteiger charge is -2.18. The first kappa shape index (κ1) is 10.5. The number of halogens is 2. The second-order valence-corrected chi connectivity index (χ2v) is 4.21. The molecular formula is C12H8ClFN2O. The molecule has 0 spiro atoms. The highest BCUT2D eigenvalue weighted by molar-refractivity contribution is 6.17. The van der Waals surface area contributed by atoms with Gasteiger partial charge in [-0.3, -0.25) is 4.79 Å². The van der Waals surface area contributed by atoms with Gasteiger partial charge in [0.2, 0.25) is 0 Å². The summed E-state index contributed by atoms with van der Waals surface area (Å²) < 4.78 is 15.3. The molecule has 5 heteroatoms. The van der Waals surface area contributed by atoms with Gasteiger partial charge in [-0.15, -0.1) is 11.6 Å². The van der Waals surface area contributed by atoms with Crippen molar-refractivity contribution >= 4 is 17.4 Å². The summed E-state index contributed by atoms with van der Waals surface area (Å²) in [6.07, 6.45) is 1.69. The van der Waals surface area contributed by atoms with Gasteiger partial charge in [-0.1, -0.05) is 6.07 Å². The Bertz CT molecular complexity index is 621. The van der Waals surface area contributed by atoms with Crippen molar-refractivity contribution in [2.45, 2.75) is 12.3 Å². The maximum absolute atomic E-state index is 14.0. The maximum atomic E-state index is 14.0. The highest BCUT2D eigenvalue weighted by Gasteiger charge is 2.26. The summed E-state index contributed by atoms with van der Waals surface area (Å²) in [5.74, 6) is -0.221. The van der Waals surface area contributed by atoms with Crippen molar-refractivity contribution in [3.63, 3.8) is 0 Å². The van der Waals surface area contributed by atoms with E-state index >= 15 is 0 Å². The molecular weight excluding hydrogens is 243 g/mol. The van der Waals surface area contributed by atoms with E-state index in [4.69, 9.17) is 11.6 Å². The van der Waals surface area contributed by atoms with Gasteiger partial charge in [0.05, 0.1) is 6.20 Å². The van der Waals surface area contributed by atoms with Crippen molar-refractivity contribution in [3.05, 3.63) is 47.0 Å². The summed E-state index contributed by atoms with van der Waals surface area (Å²) in [6, 6.07) is 4.74. The van der Waals surface area contributed by atoms with Crippen LogP contribution < -0.4 is 0 Å². The van der Waals surface area contributed by atoms with Gasteiger partial charge >= 0.3 is 0 Å². The van der Waals surface area contributed by atoms with Crippen molar-refractivity contribution in [1.82, 2.24) is 9.78 Å². The Morgan fingerprint density at radius 2 is 2.29 bits per heavy atom. The lowest BCUT2D eigenvalue weighted by atomic mass is 9.98. The van der Waals surface area contributed by atoms with Crippen molar-refractivity contribution in [3.8, 4) is 5.69 Å². The number of hydrogen-bond donors (Lipinski definition) is 0. The average molecular weight is 251 g/mol. The van der Waals surface area contributed by atoms with Crippen molar-refractivity contribution in [2.24, 2.45) is 0 Å². The molecule has 17 heavy (non-hydrogen) atoms. The van der Waals surface area contributed by atoms with Gasteiger partial charge in [0, 0.05) is 12.3 Å². The number of hydrogen-bond acceptors (Lipinski definition) is 2. The largest absolute Gasteiger partial charge is 0.292 e. The Labute approximate surface area is 102 Å². The number of alkyl halides is 1. The minimum atomic E-state index is -0.393. The SMILES string of the molecule is O=C1Cc2cc(CCl)cc(F)c2-n2nccc21. The number of nitrogens with zero attached hydrogens (tertiary/aromatic N) is 2. The van der Waals surface area contributed by atoms with Crippen LogP contribution in [0.2, 0.25) is 0 Å². The Balaban J connectivity index is 2.30. The van der Waals surface area contributed by atoms with Crippen molar-refractivity contribution in [2.75, 3.05) is 0 Å². The topological polar surface area (TPSA) is 34.9 Å². The van der Waals surface area contributed by atoms with Gasteiger partial charge < -0.3 is 0 Å². The van der Waals surface area contributed by atoms with E-state index in [1.807, 2.05) is 0 Å². The van der Waals surface area contributed by atoms with Crippen LogP contribution in [0.4, 0.5) is 4.39 Å². The van der Waals surface area contributed by atoms with Crippen LogP contribution in [0.5, 0.6) is 0 Å². The molecule has 1 aromatic carbocycles. The van der Waals surface area contributed by atoms with Gasteiger partial charge in [0.15, 0.2) is 5.78 Å². The maximum Gasteiger partial charge on any atom is 0.185 e. The fourth-order valence-corrected chi connectivity index (χ4v) is 2.28. The van der Waals surface area contributed by atoms with Crippen LogP contribution in [-0.2, 0) is 12.3 Å². The number of benzene rings is 1. The van der Waals surface area contributed by atoms with Gasteiger partial charge in [0.1, 0.15) is 17.2 Å². The van der Waals surface area contributed by atoms with Gasteiger partial charge in [-0.2, -0.15) is 5.10 Å². The van der Waals surface area contributed by atoms with Crippen LogP contribution in [0, 0.1) is 5.82 Å². The molecule has 0 radical (unpaired) electrons. The second-order valence-electron chi connectivity index (χ2n) is 3.95. The molecule has 0 atom stereocenters. The molecule has 0 unspecified atom stereocenters. The van der Waals surface area contributed by atoms with E-state index in [1.165, 1.54) is 16.9 Å². The monoisotopic (exact) mass is 250 g/mol. The fourth-order valence-electron chi connectivity index (χ4n) is 2.12. The number of ketones is 1. The van der Waals surface area contributed by atoms with Crippen LogP contribution in [-0.4, -0.2) is 15.6 Å². The highest BCUT2D eigenvalue weighted by Crippen LogP contribution is 2.28. The quantitative estimate of drug-likeness (QED) is 0.729. The van der Waals surface area contributed by atoms with E-state index in [0.717, 1.165) is 0 Å². The summed E-state index contributed by atoms with van der Waals surface area (Å²) in [7, 11) is 0. The van der Waals surface area contributed by atoms with E-state index in [1.54, 1.807) is 12.1 Å². The predicted molar refractivity (Wildman–Crippen MR) is 61.1 cm³/mol. The van der Waals surface area contributed by atoms with Crippen molar-refractivity contribution in [1.29, 1.82) is 0 Å². The van der Waals surface area contributed by atoms with Crippen LogP contribution in [0.25, 0.3) is 5.69 Å². The Hall–Kier alpha value is -1.68. The molecule has 1 aromatic heterocycles. The predicted octanol–water partition coefficient (Wildman–Crippen LogP) is 2.49. The lowest BCUT2D eigenvalue weighted by Crippen LogP contribution is -2.20. The van der Waals surface area contributed by atoms with E-state index in [2.05, 4.69) is 5.10 Å². The summed E-state index contributed by atoms with van der Waals surface area (Å²) in [4.78, 5) is 11.8. The standard InChI is InChI=1S/C12H8ClFN2O/c13-6-7-3-8-5-11(17)10-1-2-15-16(10)12(8)9(14)4-7/h1-4H,5-6H2. The van der Waals surface area contributed by atoms with Gasteiger partial charge in [-0.25, -0.2) is 9.07 Å². The van der Waals surface area contributed by atoms with E-state index < -0.39 is 5.82 Å². The number of fused-ring (bicyclic) bond motifs is 3. The number of rotatable bonds is 1. The first-order valence-corrected chi connectivity index (χ1v) is 5.69. The number of carbonyl (C=O) groups is 1. The normalized spacial score (nSPS) is 13.4. The Morgan fingerprint density at radius 1 is 1.47 bits per heavy atom. The molecule has 0 saturated heterocycles. The molecule has 1 aliphatic heterocycles. The molecule has 0 aliphatic carbocycles. The smallest absolute Gasteiger partial charge is 0.185 e. The van der Waals surface area contributed by atoms with Crippen LogP contribution in [0.3, 0.4) is 0 Å². The summed E-state index contributed by atoms with van der Waals surface area (Å²) in [6.45, 7) is 0. The minimum absolute atomic E-state index is 0.0545.